The molecule has 1 N–H and O–H groups in total. The molecule has 1 amide bonds. The van der Waals surface area contributed by atoms with Crippen molar-refractivity contribution in [1.29, 1.82) is 0 Å². The van der Waals surface area contributed by atoms with E-state index in [1.165, 1.54) is 32.0 Å². The van der Waals surface area contributed by atoms with Gasteiger partial charge in [-0.3, -0.25) is 4.79 Å². The number of amides is 1. The number of halogens is 3. The molecule has 4 nitrogen and oxygen atoms in total. The van der Waals surface area contributed by atoms with Crippen molar-refractivity contribution < 1.29 is 18.0 Å². The normalized spacial score (nSPS) is 15.1. The van der Waals surface area contributed by atoms with Gasteiger partial charge in [-0.15, -0.1) is 11.3 Å². The van der Waals surface area contributed by atoms with Crippen molar-refractivity contribution in [1.82, 2.24) is 15.2 Å². The van der Waals surface area contributed by atoms with E-state index in [0.29, 0.717) is 27.7 Å². The average Bonchev–Trinajstić information content (AvgIpc) is 3.30. The molecule has 1 saturated heterocycles. The van der Waals surface area contributed by atoms with Crippen LogP contribution in [0, 0.1) is 6.92 Å². The number of benzene rings is 1. The summed E-state index contributed by atoms with van der Waals surface area (Å²) in [5, 5.41) is 3.32. The van der Waals surface area contributed by atoms with Crippen molar-refractivity contribution in [3.63, 3.8) is 0 Å². The minimum absolute atomic E-state index is 0.214. The van der Waals surface area contributed by atoms with Crippen LogP contribution in [0.15, 0.2) is 24.3 Å². The van der Waals surface area contributed by atoms with E-state index in [0.717, 1.165) is 42.9 Å². The SMILES string of the molecule is Cc1nc(-c2cccc(C(F)(F)F)c2)sc1C(=O)NCCCCN1CCCC1. The Hall–Kier alpha value is -1.93. The average molecular weight is 411 g/mol. The molecule has 2 aromatic rings. The number of aromatic nitrogens is 1. The van der Waals surface area contributed by atoms with Crippen LogP contribution < -0.4 is 5.32 Å². The highest BCUT2D eigenvalue weighted by Crippen LogP contribution is 2.34. The molecule has 2 heterocycles. The van der Waals surface area contributed by atoms with Gasteiger partial charge in [-0.2, -0.15) is 13.2 Å². The molecule has 0 bridgehead atoms. The zero-order valence-corrected chi connectivity index (χ0v) is 16.6. The largest absolute Gasteiger partial charge is 0.416 e. The topological polar surface area (TPSA) is 45.2 Å². The Morgan fingerprint density at radius 2 is 2.00 bits per heavy atom. The fourth-order valence-corrected chi connectivity index (χ4v) is 4.29. The monoisotopic (exact) mass is 411 g/mol. The van der Waals surface area contributed by atoms with Gasteiger partial charge in [-0.25, -0.2) is 4.98 Å². The van der Waals surface area contributed by atoms with Gasteiger partial charge in [0.2, 0.25) is 0 Å². The number of nitrogens with zero attached hydrogens (tertiary/aromatic N) is 2. The van der Waals surface area contributed by atoms with E-state index in [1.807, 2.05) is 0 Å². The van der Waals surface area contributed by atoms with E-state index in [1.54, 1.807) is 13.0 Å². The first-order chi connectivity index (χ1) is 13.3. The fourth-order valence-electron chi connectivity index (χ4n) is 3.31. The maximum atomic E-state index is 12.9. The van der Waals surface area contributed by atoms with Crippen molar-refractivity contribution in [2.24, 2.45) is 0 Å². The lowest BCUT2D eigenvalue weighted by molar-refractivity contribution is -0.137. The predicted molar refractivity (Wildman–Crippen MR) is 105 cm³/mol. The molecule has 1 fully saturated rings. The number of nitrogens with one attached hydrogen (secondary N) is 1. The number of hydrogen-bond donors (Lipinski definition) is 1. The first-order valence-corrected chi connectivity index (χ1v) is 10.3. The smallest absolute Gasteiger partial charge is 0.351 e. The summed E-state index contributed by atoms with van der Waals surface area (Å²) in [4.78, 5) is 19.6. The molecule has 8 heteroatoms. The van der Waals surface area contributed by atoms with Crippen molar-refractivity contribution >= 4 is 17.2 Å². The number of thiazole rings is 1. The van der Waals surface area contributed by atoms with Crippen LogP contribution in [0.3, 0.4) is 0 Å². The summed E-state index contributed by atoms with van der Waals surface area (Å²) >= 11 is 1.13. The second-order valence-corrected chi connectivity index (χ2v) is 8.02. The fraction of sp³-hybridized carbons (Fsp3) is 0.500. The molecular formula is C20H24F3N3OS. The Labute approximate surface area is 166 Å². The minimum Gasteiger partial charge on any atom is -0.351 e. The Balaban J connectivity index is 1.56. The third-order valence-corrected chi connectivity index (χ3v) is 6.03. The molecule has 1 aromatic carbocycles. The van der Waals surface area contributed by atoms with Crippen molar-refractivity contribution in [2.75, 3.05) is 26.2 Å². The number of hydrogen-bond acceptors (Lipinski definition) is 4. The van der Waals surface area contributed by atoms with Crippen LogP contribution in [0.25, 0.3) is 10.6 Å². The number of carbonyl (C=O) groups excluding carboxylic acids is 1. The highest BCUT2D eigenvalue weighted by Gasteiger charge is 2.30. The van der Waals surface area contributed by atoms with Crippen LogP contribution in [-0.2, 0) is 6.18 Å². The first kappa shape index (κ1) is 20.8. The van der Waals surface area contributed by atoms with Gasteiger partial charge in [0.05, 0.1) is 11.3 Å². The molecule has 1 aromatic heterocycles. The zero-order chi connectivity index (χ0) is 20.1. The lowest BCUT2D eigenvalue weighted by atomic mass is 10.1. The van der Waals surface area contributed by atoms with Gasteiger partial charge in [-0.1, -0.05) is 12.1 Å². The number of carbonyl (C=O) groups is 1. The van der Waals surface area contributed by atoms with E-state index in [2.05, 4.69) is 15.2 Å². The second-order valence-electron chi connectivity index (χ2n) is 7.02. The van der Waals surface area contributed by atoms with E-state index in [9.17, 15) is 18.0 Å². The van der Waals surface area contributed by atoms with E-state index in [4.69, 9.17) is 0 Å². The number of aryl methyl sites for hydroxylation is 1. The molecule has 0 atom stereocenters. The van der Waals surface area contributed by atoms with Crippen LogP contribution in [-0.4, -0.2) is 42.0 Å². The summed E-state index contributed by atoms with van der Waals surface area (Å²) < 4.78 is 38.7. The third kappa shape index (κ3) is 5.32. The van der Waals surface area contributed by atoms with Gasteiger partial charge in [0, 0.05) is 12.1 Å². The quantitative estimate of drug-likeness (QED) is 0.669. The highest BCUT2D eigenvalue weighted by molar-refractivity contribution is 7.17. The summed E-state index contributed by atoms with van der Waals surface area (Å²) in [6.07, 6.45) is 0.0841. The Morgan fingerprint density at radius 3 is 2.71 bits per heavy atom. The summed E-state index contributed by atoms with van der Waals surface area (Å²) in [6, 6.07) is 5.03. The standard InChI is InChI=1S/C20H24F3N3OS/c1-14-17(18(27)24-9-2-3-10-26-11-4-5-12-26)28-19(25-14)15-7-6-8-16(13-15)20(21,22)23/h6-8,13H,2-5,9-12H2,1H3,(H,24,27). The van der Waals surface area contributed by atoms with E-state index in [-0.39, 0.29) is 5.91 Å². The molecule has 0 radical (unpaired) electrons. The molecule has 0 aliphatic carbocycles. The van der Waals surface area contributed by atoms with Crippen LogP contribution in [0.2, 0.25) is 0 Å². The number of rotatable bonds is 7. The predicted octanol–water partition coefficient (Wildman–Crippen LogP) is 4.74. The molecule has 28 heavy (non-hydrogen) atoms. The van der Waals surface area contributed by atoms with Crippen molar-refractivity contribution in [2.45, 2.75) is 38.8 Å². The van der Waals surface area contributed by atoms with Gasteiger partial charge >= 0.3 is 6.18 Å². The maximum Gasteiger partial charge on any atom is 0.416 e. The molecule has 1 aliphatic rings. The molecule has 1 aliphatic heterocycles. The Morgan fingerprint density at radius 1 is 1.25 bits per heavy atom. The molecule has 3 rings (SSSR count). The summed E-state index contributed by atoms with van der Waals surface area (Å²) in [5.41, 5.74) is 0.182. The van der Waals surface area contributed by atoms with Gasteiger partial charge in [0.1, 0.15) is 9.88 Å². The Bertz CT molecular complexity index is 813. The van der Waals surface area contributed by atoms with E-state index < -0.39 is 11.7 Å². The number of unbranched alkanes of at least 4 members (excludes halogenated alkanes) is 1. The van der Waals surface area contributed by atoms with Gasteiger partial charge < -0.3 is 10.2 Å². The van der Waals surface area contributed by atoms with Crippen LogP contribution in [0.5, 0.6) is 0 Å². The van der Waals surface area contributed by atoms with Gasteiger partial charge in [0.25, 0.3) is 5.91 Å². The van der Waals surface area contributed by atoms with Crippen LogP contribution >= 0.6 is 11.3 Å². The zero-order valence-electron chi connectivity index (χ0n) is 15.8. The summed E-state index contributed by atoms with van der Waals surface area (Å²) in [7, 11) is 0. The highest BCUT2D eigenvalue weighted by atomic mass is 32.1. The van der Waals surface area contributed by atoms with Crippen LogP contribution in [0.1, 0.15) is 46.6 Å². The van der Waals surface area contributed by atoms with Gasteiger partial charge in [0.15, 0.2) is 0 Å². The van der Waals surface area contributed by atoms with Crippen molar-refractivity contribution in [3.8, 4) is 10.6 Å². The molecule has 0 spiro atoms. The lowest BCUT2D eigenvalue weighted by Crippen LogP contribution is -2.26. The molecule has 152 valence electrons. The third-order valence-electron chi connectivity index (χ3n) is 4.83. The Kier molecular flexibility index (Phi) is 6.72. The summed E-state index contributed by atoms with van der Waals surface area (Å²) in [6.45, 7) is 5.70. The maximum absolute atomic E-state index is 12.9. The number of alkyl halides is 3. The minimum atomic E-state index is -4.41. The molecular weight excluding hydrogens is 387 g/mol. The first-order valence-electron chi connectivity index (χ1n) is 9.50. The van der Waals surface area contributed by atoms with Crippen molar-refractivity contribution in [3.05, 3.63) is 40.4 Å². The molecule has 0 saturated carbocycles. The molecule has 0 unspecified atom stereocenters. The van der Waals surface area contributed by atoms with E-state index >= 15 is 0 Å². The lowest BCUT2D eigenvalue weighted by Gasteiger charge is -2.13. The summed E-state index contributed by atoms with van der Waals surface area (Å²) in [5.74, 6) is -0.214. The number of likely N-dealkylation sites (tertiary alicyclic amines) is 1. The van der Waals surface area contributed by atoms with Gasteiger partial charge in [-0.05, 0) is 64.4 Å². The van der Waals surface area contributed by atoms with Crippen LogP contribution in [0.4, 0.5) is 13.2 Å². The second kappa shape index (κ2) is 9.05.